The van der Waals surface area contributed by atoms with E-state index in [9.17, 15) is 9.59 Å². The number of ether oxygens (including phenoxy) is 1. The zero-order chi connectivity index (χ0) is 19.9. The van der Waals surface area contributed by atoms with Crippen LogP contribution in [0.4, 0.5) is 0 Å². The third-order valence-corrected chi connectivity index (χ3v) is 4.61. The van der Waals surface area contributed by atoms with E-state index in [1.54, 1.807) is 19.1 Å². The van der Waals surface area contributed by atoms with Crippen LogP contribution in [0.3, 0.4) is 0 Å². The van der Waals surface area contributed by atoms with Crippen LogP contribution in [-0.2, 0) is 9.53 Å². The molecule has 5 nitrogen and oxygen atoms in total. The molecule has 0 spiro atoms. The normalized spacial score (nSPS) is 12.8. The Balaban J connectivity index is 1.51. The van der Waals surface area contributed by atoms with Crippen molar-refractivity contribution >= 4 is 11.9 Å². The van der Waals surface area contributed by atoms with Gasteiger partial charge in [0.15, 0.2) is 6.10 Å². The van der Waals surface area contributed by atoms with Crippen molar-refractivity contribution in [3.63, 3.8) is 0 Å². The monoisotopic (exact) mass is 376 g/mol. The Labute approximate surface area is 165 Å². The molecule has 0 radical (unpaired) electrons. The van der Waals surface area contributed by atoms with Crippen LogP contribution in [0.2, 0.25) is 0 Å². The summed E-state index contributed by atoms with van der Waals surface area (Å²) in [6.07, 6.45) is 2.99. The maximum atomic E-state index is 12.3. The summed E-state index contributed by atoms with van der Waals surface area (Å²) in [5.74, 6) is -0.646. The summed E-state index contributed by atoms with van der Waals surface area (Å²) < 4.78 is 7.25. The van der Waals surface area contributed by atoms with Gasteiger partial charge in [0.1, 0.15) is 0 Å². The fourth-order valence-electron chi connectivity index (χ4n) is 2.86. The molecule has 28 heavy (non-hydrogen) atoms. The number of benzene rings is 2. The van der Waals surface area contributed by atoms with Gasteiger partial charge in [0, 0.05) is 24.6 Å². The minimum Gasteiger partial charge on any atom is -0.449 e. The zero-order valence-electron chi connectivity index (χ0n) is 16.0. The molecule has 2 aromatic carbocycles. The summed E-state index contributed by atoms with van der Waals surface area (Å²) in [5.41, 5.74) is 2.51. The molecule has 3 rings (SSSR count). The van der Waals surface area contributed by atoms with Gasteiger partial charge in [-0.25, -0.2) is 4.79 Å². The largest absolute Gasteiger partial charge is 0.449 e. The van der Waals surface area contributed by atoms with E-state index in [1.165, 1.54) is 0 Å². The average molecular weight is 376 g/mol. The summed E-state index contributed by atoms with van der Waals surface area (Å²) in [4.78, 5) is 24.6. The van der Waals surface area contributed by atoms with Crippen molar-refractivity contribution in [3.8, 4) is 5.69 Å². The topological polar surface area (TPSA) is 60.3 Å². The van der Waals surface area contributed by atoms with Crippen LogP contribution in [0.1, 0.15) is 35.7 Å². The van der Waals surface area contributed by atoms with Crippen molar-refractivity contribution in [2.75, 3.05) is 6.54 Å². The van der Waals surface area contributed by atoms with E-state index >= 15 is 0 Å². The predicted octanol–water partition coefficient (Wildman–Crippen LogP) is 3.94. The first kappa shape index (κ1) is 19.4. The highest BCUT2D eigenvalue weighted by Gasteiger charge is 2.19. The molecule has 0 bridgehead atoms. The maximum Gasteiger partial charge on any atom is 0.338 e. The predicted molar refractivity (Wildman–Crippen MR) is 109 cm³/mol. The molecule has 144 valence electrons. The molecule has 1 aromatic heterocycles. The second kappa shape index (κ2) is 9.04. The van der Waals surface area contributed by atoms with Crippen LogP contribution >= 0.6 is 0 Å². The molecule has 1 N–H and O–H groups in total. The van der Waals surface area contributed by atoms with Crippen LogP contribution in [0.25, 0.3) is 5.69 Å². The summed E-state index contributed by atoms with van der Waals surface area (Å²) >= 11 is 0. The number of carbonyl (C=O) groups is 2. The lowest BCUT2D eigenvalue weighted by atomic mass is 10.0. The number of hydrogen-bond acceptors (Lipinski definition) is 3. The first-order valence-electron chi connectivity index (χ1n) is 9.31. The number of carbonyl (C=O) groups excluding carboxylic acids is 2. The molecule has 0 aliphatic carbocycles. The minimum absolute atomic E-state index is 0.175. The minimum atomic E-state index is -0.861. The maximum absolute atomic E-state index is 12.3. The van der Waals surface area contributed by atoms with Gasteiger partial charge in [-0.05, 0) is 54.8 Å². The lowest BCUT2D eigenvalue weighted by Gasteiger charge is -2.17. The first-order valence-corrected chi connectivity index (χ1v) is 9.31. The molecule has 0 unspecified atom stereocenters. The number of nitrogens with zero attached hydrogens (tertiary/aromatic N) is 1. The van der Waals surface area contributed by atoms with Crippen molar-refractivity contribution in [3.05, 3.63) is 90.3 Å². The number of amides is 1. The second-order valence-electron chi connectivity index (χ2n) is 6.74. The molecule has 0 saturated carbocycles. The molecule has 5 heteroatoms. The van der Waals surface area contributed by atoms with Crippen molar-refractivity contribution in [2.45, 2.75) is 25.9 Å². The van der Waals surface area contributed by atoms with E-state index in [4.69, 9.17) is 4.74 Å². The second-order valence-corrected chi connectivity index (χ2v) is 6.74. The molecule has 1 amide bonds. The lowest BCUT2D eigenvalue weighted by molar-refractivity contribution is -0.129. The Hall–Kier alpha value is -3.34. The van der Waals surface area contributed by atoms with Gasteiger partial charge in [-0.2, -0.15) is 0 Å². The van der Waals surface area contributed by atoms with Gasteiger partial charge >= 0.3 is 5.97 Å². The quantitative estimate of drug-likeness (QED) is 0.635. The van der Waals surface area contributed by atoms with E-state index in [-0.39, 0.29) is 11.8 Å². The molecule has 0 saturated heterocycles. The smallest absolute Gasteiger partial charge is 0.338 e. The van der Waals surface area contributed by atoms with E-state index in [0.717, 1.165) is 11.3 Å². The van der Waals surface area contributed by atoms with Crippen LogP contribution < -0.4 is 5.32 Å². The summed E-state index contributed by atoms with van der Waals surface area (Å²) in [6.45, 7) is 4.10. The Kier molecular flexibility index (Phi) is 6.27. The highest BCUT2D eigenvalue weighted by Crippen LogP contribution is 2.14. The van der Waals surface area contributed by atoms with Crippen molar-refractivity contribution in [1.82, 2.24) is 9.88 Å². The van der Waals surface area contributed by atoms with Gasteiger partial charge in [-0.1, -0.05) is 37.3 Å². The first-order chi connectivity index (χ1) is 13.5. The van der Waals surface area contributed by atoms with Crippen LogP contribution in [0.5, 0.6) is 0 Å². The number of rotatable bonds is 7. The van der Waals surface area contributed by atoms with E-state index < -0.39 is 12.1 Å². The zero-order valence-corrected chi connectivity index (χ0v) is 16.0. The standard InChI is InChI=1S/C23H24N2O3/c1-17(19-8-4-3-5-9-19)16-24-22(26)18(2)28-23(27)20-10-12-21(13-11-20)25-14-6-7-15-25/h3-15,17-18H,16H2,1-2H3,(H,24,26)/t17-,18+/m1/s1. The summed E-state index contributed by atoms with van der Waals surface area (Å²) in [7, 11) is 0. The van der Waals surface area contributed by atoms with Gasteiger partial charge in [0.05, 0.1) is 5.56 Å². The van der Waals surface area contributed by atoms with E-state index in [0.29, 0.717) is 12.1 Å². The summed E-state index contributed by atoms with van der Waals surface area (Å²) in [5, 5.41) is 2.85. The van der Waals surface area contributed by atoms with Crippen molar-refractivity contribution in [2.24, 2.45) is 0 Å². The third kappa shape index (κ3) is 4.88. The van der Waals surface area contributed by atoms with Gasteiger partial charge in [0.2, 0.25) is 0 Å². The highest BCUT2D eigenvalue weighted by molar-refractivity contribution is 5.92. The van der Waals surface area contributed by atoms with Crippen molar-refractivity contribution < 1.29 is 14.3 Å². The molecule has 1 heterocycles. The molecular weight excluding hydrogens is 352 g/mol. The van der Waals surface area contributed by atoms with Gasteiger partial charge in [-0.3, -0.25) is 4.79 Å². The number of aromatic nitrogens is 1. The third-order valence-electron chi connectivity index (χ3n) is 4.61. The van der Waals surface area contributed by atoms with E-state index in [2.05, 4.69) is 5.32 Å². The molecule has 2 atom stereocenters. The van der Waals surface area contributed by atoms with Crippen LogP contribution in [0.15, 0.2) is 79.1 Å². The Morgan fingerprint density at radius 1 is 0.929 bits per heavy atom. The number of nitrogens with one attached hydrogen (secondary N) is 1. The Bertz CT molecular complexity index is 903. The molecular formula is C23H24N2O3. The highest BCUT2D eigenvalue weighted by atomic mass is 16.5. The lowest BCUT2D eigenvalue weighted by Crippen LogP contribution is -2.37. The van der Waals surface area contributed by atoms with Crippen LogP contribution in [-0.4, -0.2) is 29.1 Å². The molecule has 0 fully saturated rings. The average Bonchev–Trinajstić information content (AvgIpc) is 3.27. The van der Waals surface area contributed by atoms with Crippen molar-refractivity contribution in [1.29, 1.82) is 0 Å². The van der Waals surface area contributed by atoms with Crippen LogP contribution in [0, 0.1) is 0 Å². The Morgan fingerprint density at radius 2 is 1.57 bits per heavy atom. The van der Waals surface area contributed by atoms with Gasteiger partial charge in [-0.15, -0.1) is 0 Å². The SMILES string of the molecule is C[C@H](OC(=O)c1ccc(-n2cccc2)cc1)C(=O)NC[C@@H](C)c1ccccc1. The Morgan fingerprint density at radius 3 is 2.21 bits per heavy atom. The summed E-state index contributed by atoms with van der Waals surface area (Å²) in [6, 6.07) is 20.9. The van der Waals surface area contributed by atoms with E-state index in [1.807, 2.05) is 78.5 Å². The number of esters is 1. The fraction of sp³-hybridized carbons (Fsp3) is 0.217. The molecule has 3 aromatic rings. The molecule has 0 aliphatic heterocycles. The molecule has 0 aliphatic rings. The fourth-order valence-corrected chi connectivity index (χ4v) is 2.86. The number of hydrogen-bond donors (Lipinski definition) is 1. The van der Waals surface area contributed by atoms with Gasteiger partial charge < -0.3 is 14.6 Å². The van der Waals surface area contributed by atoms with Gasteiger partial charge in [0.25, 0.3) is 5.91 Å².